The average molecular weight is 286 g/mol. The maximum atomic E-state index is 12.2. The Morgan fingerprint density at radius 2 is 2.05 bits per heavy atom. The fraction of sp³-hybridized carbons (Fsp3) is 0.538. The molecule has 6 heteroatoms. The minimum Gasteiger partial charge on any atom is -0.383 e. The molecule has 0 spiro atoms. The van der Waals surface area contributed by atoms with Crippen LogP contribution in [-0.4, -0.2) is 52.9 Å². The highest BCUT2D eigenvalue weighted by Gasteiger charge is 2.15. The molecule has 0 radical (unpaired) electrons. The van der Waals surface area contributed by atoms with Gasteiger partial charge in [0.15, 0.2) is 9.84 Å². The van der Waals surface area contributed by atoms with Gasteiger partial charge < -0.3 is 15.4 Å². The zero-order valence-electron chi connectivity index (χ0n) is 11.5. The number of sulfone groups is 1. The molecule has 0 aliphatic heterocycles. The van der Waals surface area contributed by atoms with Crippen molar-refractivity contribution in [2.75, 3.05) is 39.6 Å². The fourth-order valence-electron chi connectivity index (χ4n) is 1.62. The lowest BCUT2D eigenvalue weighted by molar-refractivity contribution is 0.164. The fourth-order valence-corrected chi connectivity index (χ4v) is 3.02. The molecule has 0 saturated heterocycles. The van der Waals surface area contributed by atoms with Crippen LogP contribution in [0, 0.1) is 0 Å². The Bertz CT molecular complexity index is 488. The van der Waals surface area contributed by atoms with E-state index in [1.165, 1.54) is 0 Å². The molecule has 0 bridgehead atoms. The van der Waals surface area contributed by atoms with E-state index in [2.05, 4.69) is 0 Å². The summed E-state index contributed by atoms with van der Waals surface area (Å²) in [7, 11) is 0.257. The lowest BCUT2D eigenvalue weighted by Crippen LogP contribution is -2.28. The van der Waals surface area contributed by atoms with Crippen LogP contribution in [0.4, 0.5) is 0 Å². The van der Waals surface area contributed by atoms with E-state index in [0.717, 1.165) is 12.1 Å². The number of rotatable bonds is 8. The van der Waals surface area contributed by atoms with Crippen molar-refractivity contribution in [2.45, 2.75) is 11.4 Å². The Balaban J connectivity index is 2.65. The summed E-state index contributed by atoms with van der Waals surface area (Å²) in [6.07, 6.45) is 0. The van der Waals surface area contributed by atoms with Crippen molar-refractivity contribution < 1.29 is 13.2 Å². The van der Waals surface area contributed by atoms with Crippen molar-refractivity contribution >= 4 is 9.84 Å². The molecule has 0 atom stereocenters. The summed E-state index contributed by atoms with van der Waals surface area (Å²) in [5, 5.41) is 0. The summed E-state index contributed by atoms with van der Waals surface area (Å²) in [6, 6.07) is 6.81. The van der Waals surface area contributed by atoms with Gasteiger partial charge in [0, 0.05) is 26.7 Å². The van der Waals surface area contributed by atoms with Gasteiger partial charge in [-0.1, -0.05) is 12.1 Å². The molecule has 0 amide bonds. The van der Waals surface area contributed by atoms with Crippen LogP contribution in [-0.2, 0) is 21.1 Å². The Morgan fingerprint density at radius 1 is 1.32 bits per heavy atom. The number of hydrogen-bond acceptors (Lipinski definition) is 5. The van der Waals surface area contributed by atoms with Crippen molar-refractivity contribution in [3.05, 3.63) is 29.8 Å². The summed E-state index contributed by atoms with van der Waals surface area (Å²) >= 11 is 0. The molecule has 5 nitrogen and oxygen atoms in total. The summed E-state index contributed by atoms with van der Waals surface area (Å²) in [6.45, 7) is 2.14. The van der Waals surface area contributed by atoms with Gasteiger partial charge in [0.05, 0.1) is 17.3 Å². The molecule has 1 aromatic carbocycles. The van der Waals surface area contributed by atoms with E-state index in [0.29, 0.717) is 24.6 Å². The smallest absolute Gasteiger partial charge is 0.179 e. The van der Waals surface area contributed by atoms with Gasteiger partial charge in [0.2, 0.25) is 0 Å². The molecule has 1 rings (SSSR count). The molecule has 0 unspecified atom stereocenters. The largest absolute Gasteiger partial charge is 0.383 e. The monoisotopic (exact) mass is 286 g/mol. The standard InChI is InChI=1S/C13H22N2O3S/c1-15(6-8-18-2)7-9-19(16,17)13-5-3-4-12(10-13)11-14/h3-5,10H,6-9,11,14H2,1-2H3. The quantitative estimate of drug-likeness (QED) is 0.753. The third kappa shape index (κ3) is 5.28. The molecule has 0 saturated carbocycles. The first-order valence-electron chi connectivity index (χ1n) is 6.19. The minimum atomic E-state index is -3.25. The van der Waals surface area contributed by atoms with Crippen molar-refractivity contribution in [3.63, 3.8) is 0 Å². The van der Waals surface area contributed by atoms with Gasteiger partial charge in [-0.3, -0.25) is 0 Å². The van der Waals surface area contributed by atoms with Crippen LogP contribution < -0.4 is 5.73 Å². The van der Waals surface area contributed by atoms with Gasteiger partial charge in [-0.05, 0) is 24.7 Å². The lowest BCUT2D eigenvalue weighted by Gasteiger charge is -2.16. The van der Waals surface area contributed by atoms with Crippen LogP contribution in [0.15, 0.2) is 29.2 Å². The first kappa shape index (κ1) is 16.1. The van der Waals surface area contributed by atoms with E-state index in [1.54, 1.807) is 25.3 Å². The van der Waals surface area contributed by atoms with Crippen LogP contribution in [0.1, 0.15) is 5.56 Å². The first-order chi connectivity index (χ1) is 8.99. The minimum absolute atomic E-state index is 0.0985. The Labute approximate surface area is 115 Å². The van der Waals surface area contributed by atoms with Crippen LogP contribution in [0.5, 0.6) is 0 Å². The zero-order valence-corrected chi connectivity index (χ0v) is 12.3. The molecule has 0 aliphatic rings. The molecular formula is C13H22N2O3S. The van der Waals surface area contributed by atoms with Crippen LogP contribution in [0.3, 0.4) is 0 Å². The molecule has 0 aliphatic carbocycles. The Kier molecular flexibility index (Phi) is 6.44. The van der Waals surface area contributed by atoms with E-state index in [-0.39, 0.29) is 5.75 Å². The highest BCUT2D eigenvalue weighted by Crippen LogP contribution is 2.13. The predicted octanol–water partition coefficient (Wildman–Crippen LogP) is 0.497. The number of methoxy groups -OCH3 is 1. The van der Waals surface area contributed by atoms with Gasteiger partial charge in [-0.25, -0.2) is 8.42 Å². The molecular weight excluding hydrogens is 264 g/mol. The van der Waals surface area contributed by atoms with E-state index in [4.69, 9.17) is 10.5 Å². The SMILES string of the molecule is COCCN(C)CCS(=O)(=O)c1cccc(CN)c1. The summed E-state index contributed by atoms with van der Waals surface area (Å²) in [4.78, 5) is 2.28. The van der Waals surface area contributed by atoms with Gasteiger partial charge >= 0.3 is 0 Å². The van der Waals surface area contributed by atoms with Crippen molar-refractivity contribution in [1.82, 2.24) is 4.90 Å². The number of nitrogens with two attached hydrogens (primary N) is 1. The molecule has 1 aromatic rings. The second-order valence-electron chi connectivity index (χ2n) is 4.47. The zero-order chi connectivity index (χ0) is 14.3. The summed E-state index contributed by atoms with van der Waals surface area (Å²) in [5.74, 6) is 0.0985. The third-order valence-electron chi connectivity index (χ3n) is 2.91. The number of benzene rings is 1. The third-order valence-corrected chi connectivity index (χ3v) is 4.60. The van der Waals surface area contributed by atoms with E-state index in [1.807, 2.05) is 18.0 Å². The lowest BCUT2D eigenvalue weighted by atomic mass is 10.2. The number of hydrogen-bond donors (Lipinski definition) is 1. The van der Waals surface area contributed by atoms with E-state index in [9.17, 15) is 8.42 Å². The topological polar surface area (TPSA) is 72.6 Å². The average Bonchev–Trinajstić information content (AvgIpc) is 2.43. The van der Waals surface area contributed by atoms with Crippen molar-refractivity contribution in [1.29, 1.82) is 0 Å². The van der Waals surface area contributed by atoms with Gasteiger partial charge in [0.1, 0.15) is 0 Å². The molecule has 0 fully saturated rings. The van der Waals surface area contributed by atoms with E-state index >= 15 is 0 Å². The van der Waals surface area contributed by atoms with Crippen molar-refractivity contribution in [3.8, 4) is 0 Å². The number of likely N-dealkylation sites (N-methyl/N-ethyl adjacent to an activating group) is 1. The van der Waals surface area contributed by atoms with Crippen LogP contribution in [0.25, 0.3) is 0 Å². The maximum absolute atomic E-state index is 12.2. The normalized spacial score (nSPS) is 12.0. The highest BCUT2D eigenvalue weighted by atomic mass is 32.2. The van der Waals surface area contributed by atoms with Crippen molar-refractivity contribution in [2.24, 2.45) is 5.73 Å². The summed E-state index contributed by atoms with van der Waals surface area (Å²) in [5.41, 5.74) is 6.35. The maximum Gasteiger partial charge on any atom is 0.179 e. The molecule has 2 N–H and O–H groups in total. The summed E-state index contributed by atoms with van der Waals surface area (Å²) < 4.78 is 29.3. The highest BCUT2D eigenvalue weighted by molar-refractivity contribution is 7.91. The van der Waals surface area contributed by atoms with Crippen LogP contribution >= 0.6 is 0 Å². The molecule has 0 aromatic heterocycles. The molecule has 19 heavy (non-hydrogen) atoms. The van der Waals surface area contributed by atoms with Gasteiger partial charge in [0.25, 0.3) is 0 Å². The van der Waals surface area contributed by atoms with Gasteiger partial charge in [-0.15, -0.1) is 0 Å². The molecule has 108 valence electrons. The number of ether oxygens (including phenoxy) is 1. The van der Waals surface area contributed by atoms with Crippen LogP contribution in [0.2, 0.25) is 0 Å². The van der Waals surface area contributed by atoms with E-state index < -0.39 is 9.84 Å². The molecule has 0 heterocycles. The Hall–Kier alpha value is -0.950. The van der Waals surface area contributed by atoms with Gasteiger partial charge in [-0.2, -0.15) is 0 Å². The Morgan fingerprint density at radius 3 is 2.68 bits per heavy atom. The second-order valence-corrected chi connectivity index (χ2v) is 6.58. The number of nitrogens with zero attached hydrogens (tertiary/aromatic N) is 1. The second kappa shape index (κ2) is 7.59. The first-order valence-corrected chi connectivity index (χ1v) is 7.84. The predicted molar refractivity (Wildman–Crippen MR) is 75.8 cm³/mol.